The molecule has 2 aromatic carbocycles. The van der Waals surface area contributed by atoms with Gasteiger partial charge in [-0.2, -0.15) is 0 Å². The van der Waals surface area contributed by atoms with Gasteiger partial charge in [-0.15, -0.1) is 0 Å². The van der Waals surface area contributed by atoms with Gasteiger partial charge in [0.1, 0.15) is 11.9 Å². The number of aromatic nitrogens is 3. The second-order valence-corrected chi connectivity index (χ2v) is 12.5. The minimum absolute atomic E-state index is 0.170. The van der Waals surface area contributed by atoms with E-state index in [9.17, 15) is 14.4 Å². The van der Waals surface area contributed by atoms with Crippen molar-refractivity contribution in [3.8, 4) is 0 Å². The molecular weight excluding hydrogens is 580 g/mol. The highest BCUT2D eigenvalue weighted by Crippen LogP contribution is 2.26. The summed E-state index contributed by atoms with van der Waals surface area (Å²) in [7, 11) is 0. The third kappa shape index (κ3) is 8.35. The lowest BCUT2D eigenvalue weighted by atomic mass is 10.0. The van der Waals surface area contributed by atoms with Crippen LogP contribution in [0.4, 0.5) is 4.79 Å². The van der Waals surface area contributed by atoms with Crippen LogP contribution in [0.15, 0.2) is 60.8 Å². The highest BCUT2D eigenvalue weighted by molar-refractivity contribution is 5.89. The Balaban J connectivity index is 1.47. The molecule has 2 aromatic heterocycles. The zero-order valence-corrected chi connectivity index (χ0v) is 27.1. The standard InChI is InChI=1S/C36H46N6O4/c1-4-46-35(44)32-29(21-25-14-8-7-9-15-25)38-33(41-32)30(22-26-23-37-28-17-11-10-16-27(26)28)39-34(43)31(20-24(2)3)40-36(45)42-18-12-5-6-13-19-42/h7-11,14-17,23-24,30-31,37H,4-6,12-13,18-22H2,1-3H3,(H,38,41)(H,39,43)(H,40,45)/t30-,31+/m1/s1. The van der Waals surface area contributed by atoms with Gasteiger partial charge in [-0.3, -0.25) is 4.79 Å². The van der Waals surface area contributed by atoms with Gasteiger partial charge in [-0.05, 0) is 49.3 Å². The van der Waals surface area contributed by atoms with Crippen LogP contribution in [-0.2, 0) is 22.4 Å². The summed E-state index contributed by atoms with van der Waals surface area (Å²) in [5.41, 5.74) is 3.81. The molecule has 4 N–H and O–H groups in total. The normalized spacial score (nSPS) is 14.9. The number of hydrogen-bond donors (Lipinski definition) is 4. The predicted molar refractivity (Wildman–Crippen MR) is 178 cm³/mol. The number of nitrogens with one attached hydrogen (secondary N) is 4. The van der Waals surface area contributed by atoms with E-state index in [1.807, 2.05) is 79.5 Å². The summed E-state index contributed by atoms with van der Waals surface area (Å²) >= 11 is 0. The van der Waals surface area contributed by atoms with E-state index in [-0.39, 0.29) is 30.2 Å². The molecule has 2 atom stereocenters. The van der Waals surface area contributed by atoms with E-state index < -0.39 is 18.1 Å². The molecule has 4 aromatic rings. The number of esters is 1. The number of fused-ring (bicyclic) bond motifs is 1. The molecule has 1 aliphatic rings. The van der Waals surface area contributed by atoms with Crippen LogP contribution in [0.1, 0.15) is 92.1 Å². The van der Waals surface area contributed by atoms with Crippen LogP contribution in [0.2, 0.25) is 0 Å². The molecule has 3 heterocycles. The van der Waals surface area contributed by atoms with E-state index >= 15 is 0 Å². The number of amides is 3. The van der Waals surface area contributed by atoms with Gasteiger partial charge in [-0.25, -0.2) is 14.6 Å². The lowest BCUT2D eigenvalue weighted by molar-refractivity contribution is -0.124. The van der Waals surface area contributed by atoms with Crippen molar-refractivity contribution in [2.75, 3.05) is 19.7 Å². The quantitative estimate of drug-likeness (QED) is 0.142. The Bertz CT molecular complexity index is 1600. The van der Waals surface area contributed by atoms with E-state index in [0.717, 1.165) is 47.7 Å². The number of carbonyl (C=O) groups is 3. The largest absolute Gasteiger partial charge is 0.461 e. The minimum Gasteiger partial charge on any atom is -0.461 e. The number of ether oxygens (including phenoxy) is 1. The summed E-state index contributed by atoms with van der Waals surface area (Å²) in [6, 6.07) is 16.3. The minimum atomic E-state index is -0.732. The predicted octanol–water partition coefficient (Wildman–Crippen LogP) is 6.06. The van der Waals surface area contributed by atoms with Crippen LogP contribution in [0.25, 0.3) is 10.9 Å². The SMILES string of the molecule is CCOC(=O)c1nc([C@@H](Cc2c[nH]c3ccccc23)NC(=O)[C@H](CC(C)C)NC(=O)N2CCCCCC2)[nH]c1Cc1ccccc1. The Morgan fingerprint density at radius 3 is 2.39 bits per heavy atom. The third-order valence-corrected chi connectivity index (χ3v) is 8.45. The van der Waals surface area contributed by atoms with Crippen LogP contribution < -0.4 is 10.6 Å². The second kappa shape index (κ2) is 15.6. The van der Waals surface area contributed by atoms with E-state index in [2.05, 4.69) is 20.6 Å². The van der Waals surface area contributed by atoms with Gasteiger partial charge in [0.15, 0.2) is 5.69 Å². The zero-order valence-electron chi connectivity index (χ0n) is 27.1. The fraction of sp³-hybridized carbons (Fsp3) is 0.444. The zero-order chi connectivity index (χ0) is 32.5. The molecule has 0 bridgehead atoms. The summed E-state index contributed by atoms with van der Waals surface area (Å²) in [5, 5.41) is 7.28. The number of aromatic amines is 2. The first-order valence-electron chi connectivity index (χ1n) is 16.5. The number of nitrogens with zero attached hydrogens (tertiary/aromatic N) is 2. The van der Waals surface area contributed by atoms with E-state index in [0.29, 0.717) is 43.9 Å². The monoisotopic (exact) mass is 626 g/mol. The van der Waals surface area contributed by atoms with Crippen LogP contribution in [-0.4, -0.2) is 63.5 Å². The molecule has 1 fully saturated rings. The Hall–Kier alpha value is -4.60. The Kier molecular flexibility index (Phi) is 11.1. The summed E-state index contributed by atoms with van der Waals surface area (Å²) in [4.78, 5) is 53.8. The summed E-state index contributed by atoms with van der Waals surface area (Å²) in [6.45, 7) is 7.44. The van der Waals surface area contributed by atoms with Crippen molar-refractivity contribution in [2.45, 2.75) is 77.8 Å². The first-order chi connectivity index (χ1) is 22.3. The van der Waals surface area contributed by atoms with Crippen molar-refractivity contribution in [3.05, 3.63) is 89.1 Å². The number of para-hydroxylation sites is 1. The highest BCUT2D eigenvalue weighted by atomic mass is 16.5. The molecule has 5 rings (SSSR count). The number of benzene rings is 2. The van der Waals surface area contributed by atoms with Crippen molar-refractivity contribution >= 4 is 28.8 Å². The lowest BCUT2D eigenvalue weighted by Crippen LogP contribution is -2.52. The first kappa shape index (κ1) is 32.8. The van der Waals surface area contributed by atoms with Crippen molar-refractivity contribution in [1.82, 2.24) is 30.5 Å². The van der Waals surface area contributed by atoms with Crippen LogP contribution in [0.5, 0.6) is 0 Å². The maximum atomic E-state index is 14.1. The Morgan fingerprint density at radius 2 is 1.67 bits per heavy atom. The van der Waals surface area contributed by atoms with Gasteiger partial charge in [0, 0.05) is 43.0 Å². The molecule has 0 aliphatic carbocycles. The number of likely N-dealkylation sites (tertiary alicyclic amines) is 1. The summed E-state index contributed by atoms with van der Waals surface area (Å²) < 4.78 is 5.37. The molecule has 1 aliphatic heterocycles. The molecule has 10 nitrogen and oxygen atoms in total. The Morgan fingerprint density at radius 1 is 0.957 bits per heavy atom. The summed E-state index contributed by atoms with van der Waals surface area (Å²) in [6.07, 6.45) is 7.42. The topological polar surface area (TPSA) is 132 Å². The van der Waals surface area contributed by atoms with Gasteiger partial charge >= 0.3 is 12.0 Å². The number of urea groups is 1. The molecule has 0 saturated carbocycles. The molecular formula is C36H46N6O4. The van der Waals surface area contributed by atoms with Crippen LogP contribution in [0, 0.1) is 5.92 Å². The highest BCUT2D eigenvalue weighted by Gasteiger charge is 2.30. The number of rotatable bonds is 12. The maximum absolute atomic E-state index is 14.1. The van der Waals surface area contributed by atoms with Crippen molar-refractivity contribution < 1.29 is 19.1 Å². The van der Waals surface area contributed by atoms with Gasteiger partial charge in [0.05, 0.1) is 18.3 Å². The number of imidazole rings is 1. The smallest absolute Gasteiger partial charge is 0.358 e. The molecule has 3 amide bonds. The Labute approximate surface area is 270 Å². The maximum Gasteiger partial charge on any atom is 0.358 e. The molecule has 0 unspecified atom stereocenters. The number of hydrogen-bond acceptors (Lipinski definition) is 5. The van der Waals surface area contributed by atoms with Crippen LogP contribution in [0.3, 0.4) is 0 Å². The van der Waals surface area contributed by atoms with Gasteiger partial charge in [-0.1, -0.05) is 75.2 Å². The molecule has 46 heavy (non-hydrogen) atoms. The van der Waals surface area contributed by atoms with Gasteiger partial charge in [0.2, 0.25) is 5.91 Å². The molecule has 1 saturated heterocycles. The molecule has 0 radical (unpaired) electrons. The van der Waals surface area contributed by atoms with E-state index in [1.165, 1.54) is 0 Å². The van der Waals surface area contributed by atoms with Crippen molar-refractivity contribution in [2.24, 2.45) is 5.92 Å². The lowest BCUT2D eigenvalue weighted by Gasteiger charge is -2.27. The molecule has 0 spiro atoms. The molecule has 10 heteroatoms. The summed E-state index contributed by atoms with van der Waals surface area (Å²) in [5.74, 6) is -0.186. The van der Waals surface area contributed by atoms with Crippen LogP contribution >= 0.6 is 0 Å². The number of H-pyrrole nitrogens is 2. The molecule has 244 valence electrons. The number of carbonyl (C=O) groups excluding carboxylic acids is 3. The van der Waals surface area contributed by atoms with Crippen molar-refractivity contribution in [3.63, 3.8) is 0 Å². The fourth-order valence-electron chi connectivity index (χ4n) is 6.12. The van der Waals surface area contributed by atoms with Gasteiger partial charge < -0.3 is 30.2 Å². The average molecular weight is 627 g/mol. The fourth-order valence-corrected chi connectivity index (χ4v) is 6.12. The van der Waals surface area contributed by atoms with Gasteiger partial charge in [0.25, 0.3) is 0 Å². The van der Waals surface area contributed by atoms with E-state index in [1.54, 1.807) is 6.92 Å². The average Bonchev–Trinajstić information content (AvgIpc) is 3.54. The van der Waals surface area contributed by atoms with E-state index in [4.69, 9.17) is 9.72 Å². The second-order valence-electron chi connectivity index (χ2n) is 12.5. The van der Waals surface area contributed by atoms with Crippen molar-refractivity contribution in [1.29, 1.82) is 0 Å². The first-order valence-corrected chi connectivity index (χ1v) is 16.5. The third-order valence-electron chi connectivity index (χ3n) is 8.45.